The molecule has 4 heteroatoms. The molecule has 0 aromatic rings. The van der Waals surface area contributed by atoms with E-state index in [1.165, 1.54) is 0 Å². The van der Waals surface area contributed by atoms with Crippen molar-refractivity contribution in [2.45, 2.75) is 39.3 Å². The zero-order valence-corrected chi connectivity index (χ0v) is 9.81. The Morgan fingerprint density at radius 2 is 2.00 bits per heavy atom. The van der Waals surface area contributed by atoms with E-state index < -0.39 is 0 Å². The molecule has 0 heterocycles. The van der Waals surface area contributed by atoms with Crippen LogP contribution in [0.2, 0.25) is 0 Å². The lowest BCUT2D eigenvalue weighted by atomic mass is 10.1. The molecule has 0 radical (unpaired) electrons. The number of ether oxygens (including phenoxy) is 1. The minimum atomic E-state index is -0.164. The van der Waals surface area contributed by atoms with E-state index in [2.05, 4.69) is 10.6 Å². The van der Waals surface area contributed by atoms with E-state index in [9.17, 15) is 4.79 Å². The van der Waals surface area contributed by atoms with Gasteiger partial charge in [-0.05, 0) is 27.7 Å². The van der Waals surface area contributed by atoms with Crippen LogP contribution in [0.5, 0.6) is 0 Å². The number of rotatable bonds is 6. The van der Waals surface area contributed by atoms with Gasteiger partial charge in [0.15, 0.2) is 0 Å². The van der Waals surface area contributed by atoms with Gasteiger partial charge >= 0.3 is 0 Å². The van der Waals surface area contributed by atoms with Crippen LogP contribution >= 0.6 is 0 Å². The Balaban J connectivity index is 3.75. The van der Waals surface area contributed by atoms with Crippen molar-refractivity contribution in [3.63, 3.8) is 0 Å². The molecule has 0 aromatic carbocycles. The number of methoxy groups -OCH3 is 1. The highest BCUT2D eigenvalue weighted by atomic mass is 16.5. The lowest BCUT2D eigenvalue weighted by molar-refractivity contribution is -0.121. The molecule has 0 saturated heterocycles. The average molecular weight is 202 g/mol. The van der Waals surface area contributed by atoms with Crippen molar-refractivity contribution in [2.24, 2.45) is 0 Å². The van der Waals surface area contributed by atoms with Gasteiger partial charge in [-0.1, -0.05) is 0 Å². The van der Waals surface area contributed by atoms with E-state index in [0.717, 1.165) is 0 Å². The normalized spacial score (nSPS) is 11.9. The third-order valence-corrected chi connectivity index (χ3v) is 1.68. The van der Waals surface area contributed by atoms with Crippen molar-refractivity contribution in [3.8, 4) is 0 Å². The molecule has 0 aromatic heterocycles. The van der Waals surface area contributed by atoms with E-state index in [4.69, 9.17) is 4.74 Å². The Labute approximate surface area is 86.4 Å². The summed E-state index contributed by atoms with van der Waals surface area (Å²) in [6.07, 6.45) is 0. The van der Waals surface area contributed by atoms with E-state index in [1.54, 1.807) is 7.11 Å². The molecule has 0 aliphatic carbocycles. The molecular formula is C10H22N2O2. The topological polar surface area (TPSA) is 50.4 Å². The molecule has 1 amide bonds. The molecule has 0 fully saturated rings. The van der Waals surface area contributed by atoms with Gasteiger partial charge in [0.05, 0.1) is 13.2 Å². The summed E-state index contributed by atoms with van der Waals surface area (Å²) in [5.74, 6) is 0.0178. The van der Waals surface area contributed by atoms with Crippen LogP contribution in [-0.4, -0.2) is 37.7 Å². The maximum Gasteiger partial charge on any atom is 0.234 e. The number of hydrogen-bond acceptors (Lipinski definition) is 3. The molecule has 0 saturated carbocycles. The first-order valence-corrected chi connectivity index (χ1v) is 4.91. The van der Waals surface area contributed by atoms with E-state index >= 15 is 0 Å². The van der Waals surface area contributed by atoms with Crippen LogP contribution in [0.3, 0.4) is 0 Å². The average Bonchev–Trinajstić information content (AvgIpc) is 2.00. The molecular weight excluding hydrogens is 180 g/mol. The standard InChI is InChI=1S/C10H22N2O2/c1-8(2)12-9(13)6-11-10(3,4)7-14-5/h8,11H,6-7H2,1-5H3,(H,12,13). The Hall–Kier alpha value is -0.610. The van der Waals surface area contributed by atoms with Crippen LogP contribution in [0.1, 0.15) is 27.7 Å². The summed E-state index contributed by atoms with van der Waals surface area (Å²) in [6.45, 7) is 8.80. The van der Waals surface area contributed by atoms with Crippen molar-refractivity contribution >= 4 is 5.91 Å². The molecule has 0 bridgehead atoms. The first kappa shape index (κ1) is 13.4. The van der Waals surface area contributed by atoms with Crippen LogP contribution in [0.15, 0.2) is 0 Å². The minimum absolute atomic E-state index is 0.0178. The Morgan fingerprint density at radius 3 is 2.43 bits per heavy atom. The molecule has 2 N–H and O–H groups in total. The van der Waals surface area contributed by atoms with Crippen molar-refractivity contribution in [3.05, 3.63) is 0 Å². The highest BCUT2D eigenvalue weighted by Crippen LogP contribution is 2.00. The summed E-state index contributed by atoms with van der Waals surface area (Å²) in [7, 11) is 1.65. The summed E-state index contributed by atoms with van der Waals surface area (Å²) in [5.41, 5.74) is -0.164. The number of hydrogen-bond donors (Lipinski definition) is 2. The van der Waals surface area contributed by atoms with Crippen LogP contribution in [0.25, 0.3) is 0 Å². The van der Waals surface area contributed by atoms with Gasteiger partial charge in [-0.25, -0.2) is 0 Å². The van der Waals surface area contributed by atoms with Crippen LogP contribution < -0.4 is 10.6 Å². The Bertz CT molecular complexity index is 179. The van der Waals surface area contributed by atoms with Gasteiger partial charge in [0.25, 0.3) is 0 Å². The zero-order valence-electron chi connectivity index (χ0n) is 9.81. The van der Waals surface area contributed by atoms with Crippen LogP contribution in [0.4, 0.5) is 0 Å². The van der Waals surface area contributed by atoms with Crippen molar-refractivity contribution in [1.29, 1.82) is 0 Å². The number of nitrogens with one attached hydrogen (secondary N) is 2. The lowest BCUT2D eigenvalue weighted by Crippen LogP contribution is -2.48. The zero-order chi connectivity index (χ0) is 11.2. The predicted molar refractivity (Wildman–Crippen MR) is 57.2 cm³/mol. The van der Waals surface area contributed by atoms with Gasteiger partial charge in [0, 0.05) is 18.7 Å². The third kappa shape index (κ3) is 6.86. The summed E-state index contributed by atoms with van der Waals surface area (Å²) >= 11 is 0. The maximum atomic E-state index is 11.3. The molecule has 0 unspecified atom stereocenters. The summed E-state index contributed by atoms with van der Waals surface area (Å²) < 4.78 is 5.03. The van der Waals surface area contributed by atoms with Gasteiger partial charge in [-0.15, -0.1) is 0 Å². The largest absolute Gasteiger partial charge is 0.383 e. The Kier molecular flexibility index (Phi) is 5.72. The number of amides is 1. The molecule has 4 nitrogen and oxygen atoms in total. The molecule has 14 heavy (non-hydrogen) atoms. The van der Waals surface area contributed by atoms with Crippen molar-refractivity contribution < 1.29 is 9.53 Å². The van der Waals surface area contributed by atoms with Crippen molar-refractivity contribution in [2.75, 3.05) is 20.3 Å². The van der Waals surface area contributed by atoms with E-state index in [-0.39, 0.29) is 17.5 Å². The molecule has 0 spiro atoms. The summed E-state index contributed by atoms with van der Waals surface area (Å²) in [6, 6.07) is 0.190. The van der Waals surface area contributed by atoms with Gasteiger partial charge < -0.3 is 15.4 Å². The molecule has 84 valence electrons. The highest BCUT2D eigenvalue weighted by Gasteiger charge is 2.17. The predicted octanol–water partition coefficient (Wildman–Crippen LogP) is 0.526. The van der Waals surface area contributed by atoms with Crippen LogP contribution in [0, 0.1) is 0 Å². The molecule has 0 aliphatic heterocycles. The first-order valence-electron chi connectivity index (χ1n) is 4.91. The monoisotopic (exact) mass is 202 g/mol. The maximum absolute atomic E-state index is 11.3. The van der Waals surface area contributed by atoms with E-state index in [1.807, 2.05) is 27.7 Å². The van der Waals surface area contributed by atoms with Crippen LogP contribution in [-0.2, 0) is 9.53 Å². The second-order valence-corrected chi connectivity index (χ2v) is 4.39. The molecule has 0 rings (SSSR count). The number of carbonyl (C=O) groups is 1. The van der Waals surface area contributed by atoms with Gasteiger partial charge in [-0.3, -0.25) is 4.79 Å². The van der Waals surface area contributed by atoms with Gasteiger partial charge in [0.1, 0.15) is 0 Å². The molecule has 0 aliphatic rings. The summed E-state index contributed by atoms with van der Waals surface area (Å²) in [4.78, 5) is 11.3. The fourth-order valence-electron chi connectivity index (χ4n) is 1.10. The lowest BCUT2D eigenvalue weighted by Gasteiger charge is -2.25. The molecule has 0 atom stereocenters. The minimum Gasteiger partial charge on any atom is -0.383 e. The Morgan fingerprint density at radius 1 is 1.43 bits per heavy atom. The van der Waals surface area contributed by atoms with E-state index in [0.29, 0.717) is 13.2 Å². The quantitative estimate of drug-likeness (QED) is 0.660. The highest BCUT2D eigenvalue weighted by molar-refractivity contribution is 5.78. The SMILES string of the molecule is COCC(C)(C)NCC(=O)NC(C)C. The first-order chi connectivity index (χ1) is 6.37. The fraction of sp³-hybridized carbons (Fsp3) is 0.900. The smallest absolute Gasteiger partial charge is 0.234 e. The second-order valence-electron chi connectivity index (χ2n) is 4.39. The third-order valence-electron chi connectivity index (χ3n) is 1.68. The fourth-order valence-corrected chi connectivity index (χ4v) is 1.10. The van der Waals surface area contributed by atoms with Crippen molar-refractivity contribution in [1.82, 2.24) is 10.6 Å². The van der Waals surface area contributed by atoms with Gasteiger partial charge in [-0.2, -0.15) is 0 Å². The van der Waals surface area contributed by atoms with Gasteiger partial charge in [0.2, 0.25) is 5.91 Å². The summed E-state index contributed by atoms with van der Waals surface area (Å²) in [5, 5.41) is 5.94. The second kappa shape index (κ2) is 5.98. The number of carbonyl (C=O) groups excluding carboxylic acids is 1.